The topological polar surface area (TPSA) is 80.0 Å². The molecular weight excluding hydrogens is 418 g/mol. The molecule has 4 rings (SSSR count). The van der Waals surface area contributed by atoms with Gasteiger partial charge in [0.25, 0.3) is 11.7 Å². The lowest BCUT2D eigenvalue weighted by Gasteiger charge is -2.34. The molecule has 1 saturated carbocycles. The average molecular weight is 444 g/mol. The van der Waals surface area contributed by atoms with Crippen molar-refractivity contribution in [2.75, 3.05) is 7.11 Å². The first kappa shape index (κ1) is 21.5. The van der Waals surface area contributed by atoms with Gasteiger partial charge in [-0.3, -0.25) is 9.59 Å². The quantitative estimate of drug-likeness (QED) is 0.393. The first-order chi connectivity index (χ1) is 14.8. The van der Waals surface area contributed by atoms with Gasteiger partial charge in [0.2, 0.25) is 0 Å². The highest BCUT2D eigenvalue weighted by molar-refractivity contribution is 6.46. The Morgan fingerprint density at radius 1 is 1.16 bits per heavy atom. The molecule has 1 aromatic heterocycles. The van der Waals surface area contributed by atoms with Crippen molar-refractivity contribution < 1.29 is 23.8 Å². The molecule has 31 heavy (non-hydrogen) atoms. The highest BCUT2D eigenvalue weighted by atomic mass is 35.5. The van der Waals surface area contributed by atoms with Crippen molar-refractivity contribution in [1.29, 1.82) is 0 Å². The van der Waals surface area contributed by atoms with Gasteiger partial charge in [0.15, 0.2) is 0 Å². The molecule has 2 aromatic rings. The largest absolute Gasteiger partial charge is 0.507 e. The van der Waals surface area contributed by atoms with E-state index in [1.54, 1.807) is 36.1 Å². The van der Waals surface area contributed by atoms with Crippen LogP contribution in [0.25, 0.3) is 5.76 Å². The van der Waals surface area contributed by atoms with Crippen molar-refractivity contribution in [2.45, 2.75) is 58.0 Å². The maximum Gasteiger partial charge on any atom is 0.296 e. The Morgan fingerprint density at radius 2 is 1.87 bits per heavy atom. The van der Waals surface area contributed by atoms with E-state index in [4.69, 9.17) is 20.8 Å². The molecule has 1 amide bonds. The summed E-state index contributed by atoms with van der Waals surface area (Å²) in [4.78, 5) is 28.0. The number of aliphatic hydroxyl groups is 1. The van der Waals surface area contributed by atoms with E-state index in [1.807, 2.05) is 6.92 Å². The van der Waals surface area contributed by atoms with Crippen molar-refractivity contribution in [3.63, 3.8) is 0 Å². The van der Waals surface area contributed by atoms with Crippen molar-refractivity contribution >= 4 is 29.1 Å². The highest BCUT2D eigenvalue weighted by Crippen LogP contribution is 2.45. The first-order valence-electron chi connectivity index (χ1n) is 10.5. The number of hydrogen-bond donors (Lipinski definition) is 1. The van der Waals surface area contributed by atoms with E-state index in [0.717, 1.165) is 37.7 Å². The number of rotatable bonds is 4. The minimum Gasteiger partial charge on any atom is -0.507 e. The number of Topliss-reactive ketones (excluding diaryl/α,β-unsaturated/α-hetero) is 1. The molecule has 2 heterocycles. The average Bonchev–Trinajstić information content (AvgIpc) is 3.28. The smallest absolute Gasteiger partial charge is 0.296 e. The Morgan fingerprint density at radius 3 is 2.48 bits per heavy atom. The lowest BCUT2D eigenvalue weighted by Crippen LogP contribution is -2.40. The minimum absolute atomic E-state index is 0.00453. The van der Waals surface area contributed by atoms with Crippen molar-refractivity contribution in [3.05, 3.63) is 57.5 Å². The van der Waals surface area contributed by atoms with Crippen LogP contribution in [0.1, 0.15) is 60.8 Å². The van der Waals surface area contributed by atoms with Crippen LogP contribution in [0.4, 0.5) is 0 Å². The number of halogens is 1. The van der Waals surface area contributed by atoms with Crippen molar-refractivity contribution in [2.24, 2.45) is 0 Å². The van der Waals surface area contributed by atoms with Gasteiger partial charge in [-0.2, -0.15) is 0 Å². The SMILES string of the molecule is COc1c(Cl)cc(C)cc1/C(O)=C1\C(=O)C(=O)N(C2CCCCC2)C1c1ccc(C)o1. The summed E-state index contributed by atoms with van der Waals surface area (Å²) in [7, 11) is 1.45. The number of benzene rings is 1. The van der Waals surface area contributed by atoms with Gasteiger partial charge in [0.05, 0.1) is 23.3 Å². The van der Waals surface area contributed by atoms with Gasteiger partial charge < -0.3 is 19.2 Å². The number of hydrogen-bond acceptors (Lipinski definition) is 5. The van der Waals surface area contributed by atoms with Gasteiger partial charge in [0.1, 0.15) is 29.1 Å². The second-order valence-corrected chi connectivity index (χ2v) is 8.68. The van der Waals surface area contributed by atoms with Gasteiger partial charge in [0, 0.05) is 6.04 Å². The molecular formula is C24H26ClNO5. The number of amides is 1. The molecule has 0 bridgehead atoms. The molecule has 1 aliphatic heterocycles. The molecule has 7 heteroatoms. The summed E-state index contributed by atoms with van der Waals surface area (Å²) in [6, 6.07) is 6.09. The molecule has 1 unspecified atom stereocenters. The number of ketones is 1. The van der Waals surface area contributed by atoms with Crippen molar-refractivity contribution in [1.82, 2.24) is 4.90 Å². The normalized spacial score (nSPS) is 21.7. The van der Waals surface area contributed by atoms with E-state index >= 15 is 0 Å². The zero-order valence-electron chi connectivity index (χ0n) is 17.9. The number of aryl methyl sites for hydroxylation is 2. The zero-order valence-corrected chi connectivity index (χ0v) is 18.7. The van der Waals surface area contributed by atoms with Gasteiger partial charge in [-0.15, -0.1) is 0 Å². The first-order valence-corrected chi connectivity index (χ1v) is 10.9. The fourth-order valence-electron chi connectivity index (χ4n) is 4.72. The number of nitrogens with zero attached hydrogens (tertiary/aromatic N) is 1. The summed E-state index contributed by atoms with van der Waals surface area (Å²) in [6.45, 7) is 3.63. The standard InChI is InChI=1S/C24H26ClNO5/c1-13-11-16(23(30-3)17(25)12-13)21(27)19-20(18-10-9-14(2)31-18)26(24(29)22(19)28)15-7-5-4-6-8-15/h9-12,15,20,27H,4-8H2,1-3H3/b21-19+. The Bertz CT molecular complexity index is 1060. The Labute approximate surface area is 186 Å². The van der Waals surface area contributed by atoms with Crippen LogP contribution in [0.5, 0.6) is 5.75 Å². The van der Waals surface area contributed by atoms with Crippen LogP contribution >= 0.6 is 11.6 Å². The summed E-state index contributed by atoms with van der Waals surface area (Å²) in [5.74, 6) is -0.254. The predicted octanol–water partition coefficient (Wildman–Crippen LogP) is 5.31. The van der Waals surface area contributed by atoms with Gasteiger partial charge >= 0.3 is 0 Å². The summed E-state index contributed by atoms with van der Waals surface area (Å²) < 4.78 is 11.3. The molecule has 0 spiro atoms. The molecule has 1 saturated heterocycles. The Balaban J connectivity index is 1.93. The molecule has 1 aliphatic carbocycles. The monoisotopic (exact) mass is 443 g/mol. The highest BCUT2D eigenvalue weighted by Gasteiger charge is 2.50. The van der Waals surface area contributed by atoms with E-state index in [-0.39, 0.29) is 28.7 Å². The molecule has 6 nitrogen and oxygen atoms in total. The summed E-state index contributed by atoms with van der Waals surface area (Å²) in [6.07, 6.45) is 4.76. The van der Waals surface area contributed by atoms with E-state index in [1.165, 1.54) is 7.11 Å². The van der Waals surface area contributed by atoms with E-state index < -0.39 is 17.7 Å². The van der Waals surface area contributed by atoms with E-state index in [0.29, 0.717) is 16.5 Å². The van der Waals surface area contributed by atoms with Crippen LogP contribution < -0.4 is 4.74 Å². The molecule has 1 aromatic carbocycles. The summed E-state index contributed by atoms with van der Waals surface area (Å²) in [5, 5.41) is 11.6. The van der Waals surface area contributed by atoms with Crippen LogP contribution in [0, 0.1) is 13.8 Å². The van der Waals surface area contributed by atoms with Crippen LogP contribution in [-0.4, -0.2) is 34.8 Å². The molecule has 1 N–H and O–H groups in total. The maximum absolute atomic E-state index is 13.2. The van der Waals surface area contributed by atoms with Crippen LogP contribution in [-0.2, 0) is 9.59 Å². The number of ether oxygens (including phenoxy) is 1. The van der Waals surface area contributed by atoms with Crippen molar-refractivity contribution in [3.8, 4) is 5.75 Å². The second kappa shape index (κ2) is 8.42. The van der Waals surface area contributed by atoms with Crippen LogP contribution in [0.3, 0.4) is 0 Å². The van der Waals surface area contributed by atoms with Gasteiger partial charge in [-0.05, 0) is 56.5 Å². The fraction of sp³-hybridized carbons (Fsp3) is 0.417. The third-order valence-corrected chi connectivity index (χ3v) is 6.41. The number of carbonyl (C=O) groups excluding carboxylic acids is 2. The lowest BCUT2D eigenvalue weighted by molar-refractivity contribution is -0.142. The van der Waals surface area contributed by atoms with Crippen LogP contribution in [0.15, 0.2) is 34.3 Å². The minimum atomic E-state index is -0.791. The third-order valence-electron chi connectivity index (χ3n) is 6.13. The number of carbonyl (C=O) groups is 2. The summed E-state index contributed by atoms with van der Waals surface area (Å²) in [5.41, 5.74) is 1.08. The summed E-state index contributed by atoms with van der Waals surface area (Å²) >= 11 is 6.32. The lowest BCUT2D eigenvalue weighted by atomic mass is 9.92. The van der Waals surface area contributed by atoms with E-state index in [9.17, 15) is 14.7 Å². The fourth-order valence-corrected chi connectivity index (χ4v) is 5.07. The van der Waals surface area contributed by atoms with E-state index in [2.05, 4.69) is 0 Å². The van der Waals surface area contributed by atoms with Gasteiger partial charge in [-0.1, -0.05) is 30.9 Å². The predicted molar refractivity (Wildman–Crippen MR) is 117 cm³/mol. The molecule has 0 radical (unpaired) electrons. The Hall–Kier alpha value is -2.73. The maximum atomic E-state index is 13.2. The molecule has 1 atom stereocenters. The number of furan rings is 1. The van der Waals surface area contributed by atoms with Gasteiger partial charge in [-0.25, -0.2) is 0 Å². The zero-order chi connectivity index (χ0) is 22.3. The number of likely N-dealkylation sites (tertiary alicyclic amines) is 1. The molecule has 2 aliphatic rings. The Kier molecular flexibility index (Phi) is 5.84. The third kappa shape index (κ3) is 3.74. The molecule has 164 valence electrons. The molecule has 2 fully saturated rings. The van der Waals surface area contributed by atoms with Crippen LogP contribution in [0.2, 0.25) is 5.02 Å². The number of aliphatic hydroxyl groups excluding tert-OH is 1. The number of methoxy groups -OCH3 is 1. The second-order valence-electron chi connectivity index (χ2n) is 8.27.